The first-order valence-corrected chi connectivity index (χ1v) is 11.9. The van der Waals surface area contributed by atoms with Gasteiger partial charge in [-0.25, -0.2) is 4.98 Å². The lowest BCUT2D eigenvalue weighted by atomic mass is 9.89. The van der Waals surface area contributed by atoms with E-state index in [2.05, 4.69) is 47.3 Å². The molecule has 0 saturated carbocycles. The number of thioether (sulfide) groups is 1. The Labute approximate surface area is 178 Å². The number of aromatic nitrogens is 2. The van der Waals surface area contributed by atoms with Crippen molar-refractivity contribution in [2.24, 2.45) is 5.92 Å². The standard InChI is InChI=1S/C22H25N3O2S2/c1-13(2)10-23-18(26)12-29-22-24-20(27)19-17(11-28-21(19)25-22)16-8-7-14-5-3-4-6-15(14)9-16/h7-9,11,13H,3-6,10,12H2,1-2H3,(H,23,26)(H,24,25,27). The summed E-state index contributed by atoms with van der Waals surface area (Å²) in [5.41, 5.74) is 4.71. The summed E-state index contributed by atoms with van der Waals surface area (Å²) in [5, 5.41) is 6.02. The van der Waals surface area contributed by atoms with E-state index in [1.54, 1.807) is 0 Å². The molecule has 3 aromatic rings. The third kappa shape index (κ3) is 4.56. The number of aromatic amines is 1. The normalized spacial score (nSPS) is 13.6. The van der Waals surface area contributed by atoms with Gasteiger partial charge in [0.05, 0.1) is 11.1 Å². The van der Waals surface area contributed by atoms with Crippen LogP contribution in [0.3, 0.4) is 0 Å². The third-order valence-corrected chi connectivity index (χ3v) is 6.87. The summed E-state index contributed by atoms with van der Waals surface area (Å²) in [4.78, 5) is 32.9. The van der Waals surface area contributed by atoms with Crippen molar-refractivity contribution >= 4 is 39.2 Å². The van der Waals surface area contributed by atoms with Crippen LogP contribution in [0.15, 0.2) is 33.5 Å². The van der Waals surface area contributed by atoms with Crippen molar-refractivity contribution in [3.05, 3.63) is 45.1 Å². The van der Waals surface area contributed by atoms with E-state index in [0.29, 0.717) is 27.8 Å². The number of fused-ring (bicyclic) bond motifs is 2. The van der Waals surface area contributed by atoms with Crippen molar-refractivity contribution < 1.29 is 4.79 Å². The molecule has 0 unspecified atom stereocenters. The van der Waals surface area contributed by atoms with Crippen molar-refractivity contribution in [3.63, 3.8) is 0 Å². The van der Waals surface area contributed by atoms with Crippen LogP contribution in [-0.2, 0) is 17.6 Å². The Hall–Kier alpha value is -2.12. The van der Waals surface area contributed by atoms with Crippen molar-refractivity contribution in [1.82, 2.24) is 15.3 Å². The van der Waals surface area contributed by atoms with Crippen LogP contribution in [0.5, 0.6) is 0 Å². The van der Waals surface area contributed by atoms with Crippen LogP contribution in [0.25, 0.3) is 21.3 Å². The number of rotatable bonds is 6. The monoisotopic (exact) mass is 427 g/mol. The highest BCUT2D eigenvalue weighted by atomic mass is 32.2. The molecule has 1 amide bonds. The van der Waals surface area contributed by atoms with Crippen molar-refractivity contribution in [2.75, 3.05) is 12.3 Å². The summed E-state index contributed by atoms with van der Waals surface area (Å²) in [6, 6.07) is 6.55. The Morgan fingerprint density at radius 3 is 2.86 bits per heavy atom. The zero-order chi connectivity index (χ0) is 20.4. The average Bonchev–Trinajstić information content (AvgIpc) is 3.15. The summed E-state index contributed by atoms with van der Waals surface area (Å²) in [6.45, 7) is 4.76. The minimum absolute atomic E-state index is 0.0487. The average molecular weight is 428 g/mol. The van der Waals surface area contributed by atoms with Crippen LogP contribution in [0, 0.1) is 5.92 Å². The maximum Gasteiger partial charge on any atom is 0.260 e. The molecule has 0 aliphatic heterocycles. The number of aryl methyl sites for hydroxylation is 2. The molecule has 7 heteroatoms. The number of benzene rings is 1. The number of carbonyl (C=O) groups excluding carboxylic acids is 1. The molecular formula is C22H25N3O2S2. The summed E-state index contributed by atoms with van der Waals surface area (Å²) in [5.74, 6) is 0.600. The minimum atomic E-state index is -0.144. The van der Waals surface area contributed by atoms with Gasteiger partial charge in [-0.05, 0) is 48.3 Å². The van der Waals surface area contributed by atoms with Crippen LogP contribution < -0.4 is 10.9 Å². The first-order valence-electron chi connectivity index (χ1n) is 10.0. The molecule has 2 aromatic heterocycles. The van der Waals surface area contributed by atoms with E-state index in [4.69, 9.17) is 0 Å². The summed E-state index contributed by atoms with van der Waals surface area (Å²) in [7, 11) is 0. The highest BCUT2D eigenvalue weighted by Crippen LogP contribution is 2.34. The van der Waals surface area contributed by atoms with Gasteiger partial charge in [-0.2, -0.15) is 0 Å². The van der Waals surface area contributed by atoms with E-state index in [9.17, 15) is 9.59 Å². The maximum absolute atomic E-state index is 12.8. The number of nitrogens with one attached hydrogen (secondary N) is 2. The summed E-state index contributed by atoms with van der Waals surface area (Å²) in [6.07, 6.45) is 4.74. The van der Waals surface area contributed by atoms with Gasteiger partial charge >= 0.3 is 0 Å². The number of hydrogen-bond donors (Lipinski definition) is 2. The Bertz CT molecular complexity index is 1100. The Morgan fingerprint density at radius 2 is 2.07 bits per heavy atom. The van der Waals surface area contributed by atoms with Crippen molar-refractivity contribution in [3.8, 4) is 11.1 Å². The summed E-state index contributed by atoms with van der Waals surface area (Å²) < 4.78 is 0. The molecule has 152 valence electrons. The fraction of sp³-hybridized carbons (Fsp3) is 0.409. The van der Waals surface area contributed by atoms with Crippen LogP contribution in [0.1, 0.15) is 37.8 Å². The van der Waals surface area contributed by atoms with E-state index in [1.807, 2.05) is 5.38 Å². The van der Waals surface area contributed by atoms with E-state index in [-0.39, 0.29) is 17.2 Å². The van der Waals surface area contributed by atoms with E-state index in [1.165, 1.54) is 47.1 Å². The molecule has 0 radical (unpaired) electrons. The number of thiophene rings is 1. The first-order chi connectivity index (χ1) is 14.0. The van der Waals surface area contributed by atoms with E-state index in [0.717, 1.165) is 24.0 Å². The van der Waals surface area contributed by atoms with E-state index < -0.39 is 0 Å². The lowest BCUT2D eigenvalue weighted by molar-refractivity contribution is -0.118. The zero-order valence-electron chi connectivity index (χ0n) is 16.7. The van der Waals surface area contributed by atoms with Gasteiger partial charge in [0.15, 0.2) is 5.16 Å². The first kappa shape index (κ1) is 20.2. The van der Waals surface area contributed by atoms with Gasteiger partial charge in [-0.1, -0.05) is 43.8 Å². The molecule has 0 fully saturated rings. The zero-order valence-corrected chi connectivity index (χ0v) is 18.3. The van der Waals surface area contributed by atoms with E-state index >= 15 is 0 Å². The molecule has 5 nitrogen and oxygen atoms in total. The van der Waals surface area contributed by atoms with Crippen molar-refractivity contribution in [2.45, 2.75) is 44.7 Å². The highest BCUT2D eigenvalue weighted by Gasteiger charge is 2.16. The molecule has 1 aromatic carbocycles. The lowest BCUT2D eigenvalue weighted by Gasteiger charge is -2.16. The van der Waals surface area contributed by atoms with Gasteiger partial charge in [0.1, 0.15) is 4.83 Å². The fourth-order valence-corrected chi connectivity index (χ4v) is 5.31. The van der Waals surface area contributed by atoms with Crippen LogP contribution >= 0.6 is 23.1 Å². The second-order valence-corrected chi connectivity index (χ2v) is 9.70. The molecule has 1 aliphatic carbocycles. The molecule has 2 N–H and O–H groups in total. The molecule has 0 bridgehead atoms. The Balaban J connectivity index is 1.56. The van der Waals surface area contributed by atoms with Gasteiger partial charge in [0.25, 0.3) is 5.56 Å². The second kappa shape index (κ2) is 8.71. The lowest BCUT2D eigenvalue weighted by Crippen LogP contribution is -2.28. The number of amides is 1. The van der Waals surface area contributed by atoms with Gasteiger partial charge in [0, 0.05) is 17.5 Å². The van der Waals surface area contributed by atoms with Crippen LogP contribution in [0.4, 0.5) is 0 Å². The number of carbonyl (C=O) groups is 1. The smallest absolute Gasteiger partial charge is 0.260 e. The second-order valence-electron chi connectivity index (χ2n) is 7.88. The van der Waals surface area contributed by atoms with Crippen LogP contribution in [0.2, 0.25) is 0 Å². The molecule has 0 atom stereocenters. The quantitative estimate of drug-likeness (QED) is 0.452. The van der Waals surface area contributed by atoms with Crippen LogP contribution in [-0.4, -0.2) is 28.2 Å². The summed E-state index contributed by atoms with van der Waals surface area (Å²) >= 11 is 2.74. The number of H-pyrrole nitrogens is 1. The van der Waals surface area contributed by atoms with Gasteiger partial charge < -0.3 is 10.3 Å². The fourth-order valence-electron chi connectivity index (χ4n) is 3.61. The molecule has 0 saturated heterocycles. The highest BCUT2D eigenvalue weighted by molar-refractivity contribution is 7.99. The Morgan fingerprint density at radius 1 is 1.28 bits per heavy atom. The molecule has 0 spiro atoms. The SMILES string of the molecule is CC(C)CNC(=O)CSc1nc2scc(-c3ccc4c(c3)CCCC4)c2c(=O)[nH]1. The maximum atomic E-state index is 12.8. The molecule has 29 heavy (non-hydrogen) atoms. The molecule has 1 aliphatic rings. The number of nitrogens with zero attached hydrogens (tertiary/aromatic N) is 1. The topological polar surface area (TPSA) is 74.8 Å². The van der Waals surface area contributed by atoms with Gasteiger partial charge in [-0.15, -0.1) is 11.3 Å². The molecular weight excluding hydrogens is 402 g/mol. The molecule has 4 rings (SSSR count). The molecule has 2 heterocycles. The minimum Gasteiger partial charge on any atom is -0.355 e. The van der Waals surface area contributed by atoms with Crippen molar-refractivity contribution in [1.29, 1.82) is 0 Å². The predicted molar refractivity (Wildman–Crippen MR) is 121 cm³/mol. The number of hydrogen-bond acceptors (Lipinski definition) is 5. The third-order valence-electron chi connectivity index (χ3n) is 5.13. The van der Waals surface area contributed by atoms with Gasteiger partial charge in [0.2, 0.25) is 5.91 Å². The Kier molecular flexibility index (Phi) is 6.06. The predicted octanol–water partition coefficient (Wildman–Crippen LogP) is 4.39. The van der Waals surface area contributed by atoms with Gasteiger partial charge in [-0.3, -0.25) is 9.59 Å². The largest absolute Gasteiger partial charge is 0.355 e.